The fourth-order valence-corrected chi connectivity index (χ4v) is 3.69. The van der Waals surface area contributed by atoms with E-state index in [-0.39, 0.29) is 36.9 Å². The van der Waals surface area contributed by atoms with E-state index in [1.165, 1.54) is 12.1 Å². The molecule has 0 saturated carbocycles. The number of hydrogen-bond acceptors (Lipinski definition) is 4. The van der Waals surface area contributed by atoms with Crippen molar-refractivity contribution in [2.75, 3.05) is 26.2 Å². The average Bonchev–Trinajstić information content (AvgIpc) is 2.90. The van der Waals surface area contributed by atoms with Crippen molar-refractivity contribution in [3.63, 3.8) is 0 Å². The first-order valence-corrected chi connectivity index (χ1v) is 10.7. The zero-order chi connectivity index (χ0) is 22.2. The number of halogens is 1. The summed E-state index contributed by atoms with van der Waals surface area (Å²) in [5, 5.41) is 0. The second-order valence-electron chi connectivity index (χ2n) is 8.39. The molecule has 3 rings (SSSR count). The van der Waals surface area contributed by atoms with Crippen LogP contribution in [0, 0.1) is 11.7 Å². The van der Waals surface area contributed by atoms with Gasteiger partial charge >= 0.3 is 0 Å². The van der Waals surface area contributed by atoms with E-state index in [2.05, 4.69) is 18.8 Å². The molecule has 2 amide bonds. The van der Waals surface area contributed by atoms with Gasteiger partial charge < -0.3 is 14.5 Å². The maximum absolute atomic E-state index is 13.5. The van der Waals surface area contributed by atoms with Gasteiger partial charge in [0.25, 0.3) is 0 Å². The second kappa shape index (κ2) is 11.0. The third kappa shape index (κ3) is 7.14. The van der Waals surface area contributed by atoms with E-state index in [1.54, 1.807) is 34.3 Å². The van der Waals surface area contributed by atoms with E-state index in [1.807, 2.05) is 12.1 Å². The Kier molecular flexibility index (Phi) is 8.12. The second-order valence-corrected chi connectivity index (χ2v) is 8.39. The number of amides is 2. The number of nitrogens with zero attached hydrogens (tertiary/aromatic N) is 3. The number of ether oxygens (including phenoxy) is 1. The lowest BCUT2D eigenvalue weighted by Gasteiger charge is -2.26. The van der Waals surface area contributed by atoms with E-state index in [0.717, 1.165) is 11.1 Å². The smallest absolute Gasteiger partial charge is 0.242 e. The Morgan fingerprint density at radius 1 is 1.19 bits per heavy atom. The SMILES string of the molecule is CC(C)CN1CC(OCc2cccc(F)c2)CN(C(=O)CCc2ccncc2)CC1=O. The van der Waals surface area contributed by atoms with Gasteiger partial charge in [-0.1, -0.05) is 26.0 Å². The maximum atomic E-state index is 13.5. The number of benzene rings is 1. The summed E-state index contributed by atoms with van der Waals surface area (Å²) in [5.74, 6) is -0.146. The topological polar surface area (TPSA) is 62.7 Å². The fourth-order valence-electron chi connectivity index (χ4n) is 3.69. The molecule has 31 heavy (non-hydrogen) atoms. The average molecular weight is 428 g/mol. The van der Waals surface area contributed by atoms with Crippen LogP contribution in [0.1, 0.15) is 31.4 Å². The molecule has 1 aliphatic rings. The monoisotopic (exact) mass is 427 g/mol. The number of hydrogen-bond donors (Lipinski definition) is 0. The van der Waals surface area contributed by atoms with Crippen molar-refractivity contribution < 1.29 is 18.7 Å². The molecule has 1 fully saturated rings. The molecule has 0 radical (unpaired) electrons. The van der Waals surface area contributed by atoms with Gasteiger partial charge in [0.05, 0.1) is 19.3 Å². The maximum Gasteiger partial charge on any atom is 0.242 e. The van der Waals surface area contributed by atoms with Crippen molar-refractivity contribution in [2.45, 2.75) is 39.4 Å². The summed E-state index contributed by atoms with van der Waals surface area (Å²) in [6, 6.07) is 10.0. The minimum atomic E-state index is -0.335. The van der Waals surface area contributed by atoms with Gasteiger partial charge in [-0.15, -0.1) is 0 Å². The highest BCUT2D eigenvalue weighted by Gasteiger charge is 2.31. The highest BCUT2D eigenvalue weighted by Crippen LogP contribution is 2.15. The van der Waals surface area contributed by atoms with Crippen LogP contribution in [0.4, 0.5) is 4.39 Å². The highest BCUT2D eigenvalue weighted by atomic mass is 19.1. The molecule has 6 nitrogen and oxygen atoms in total. The summed E-state index contributed by atoms with van der Waals surface area (Å²) in [7, 11) is 0. The van der Waals surface area contributed by atoms with Gasteiger partial charge in [-0.05, 0) is 47.7 Å². The van der Waals surface area contributed by atoms with E-state index in [4.69, 9.17) is 4.74 Å². The molecule has 166 valence electrons. The van der Waals surface area contributed by atoms with Crippen LogP contribution in [0.2, 0.25) is 0 Å². The Morgan fingerprint density at radius 3 is 2.68 bits per heavy atom. The molecule has 1 aromatic carbocycles. The molecule has 1 unspecified atom stereocenters. The minimum absolute atomic E-state index is 0.0573. The third-order valence-electron chi connectivity index (χ3n) is 5.22. The van der Waals surface area contributed by atoms with Gasteiger partial charge in [0.1, 0.15) is 5.82 Å². The van der Waals surface area contributed by atoms with Crippen LogP contribution in [-0.2, 0) is 27.4 Å². The molecule has 0 N–H and O–H groups in total. The van der Waals surface area contributed by atoms with Crippen LogP contribution in [0.3, 0.4) is 0 Å². The van der Waals surface area contributed by atoms with E-state index in [0.29, 0.717) is 38.4 Å². The van der Waals surface area contributed by atoms with Crippen LogP contribution in [0.5, 0.6) is 0 Å². The quantitative estimate of drug-likeness (QED) is 0.650. The molecule has 1 atom stereocenters. The van der Waals surface area contributed by atoms with Crippen LogP contribution in [0.15, 0.2) is 48.8 Å². The molecule has 0 aliphatic carbocycles. The first kappa shape index (κ1) is 22.9. The number of carbonyl (C=O) groups is 2. The number of rotatable bonds is 8. The Hall–Kier alpha value is -2.80. The van der Waals surface area contributed by atoms with Crippen molar-refractivity contribution in [3.8, 4) is 0 Å². The highest BCUT2D eigenvalue weighted by molar-refractivity contribution is 5.85. The van der Waals surface area contributed by atoms with Gasteiger partial charge in [-0.3, -0.25) is 14.6 Å². The number of aryl methyl sites for hydroxylation is 1. The van der Waals surface area contributed by atoms with Crippen molar-refractivity contribution in [1.29, 1.82) is 0 Å². The lowest BCUT2D eigenvalue weighted by atomic mass is 10.1. The van der Waals surface area contributed by atoms with Crippen LogP contribution < -0.4 is 0 Å². The number of aromatic nitrogens is 1. The summed E-state index contributed by atoms with van der Waals surface area (Å²) in [4.78, 5) is 33.1. The first-order valence-electron chi connectivity index (χ1n) is 10.7. The summed E-state index contributed by atoms with van der Waals surface area (Å²) in [6.45, 7) is 5.76. The molecule has 7 heteroatoms. The van der Waals surface area contributed by atoms with Crippen molar-refractivity contribution in [1.82, 2.24) is 14.8 Å². The van der Waals surface area contributed by atoms with Crippen LogP contribution in [-0.4, -0.2) is 58.9 Å². The minimum Gasteiger partial charge on any atom is -0.370 e. The van der Waals surface area contributed by atoms with Crippen LogP contribution in [0.25, 0.3) is 0 Å². The predicted molar refractivity (Wildman–Crippen MR) is 116 cm³/mol. The molecule has 0 bridgehead atoms. The molecular weight excluding hydrogens is 397 g/mol. The van der Waals surface area contributed by atoms with E-state index < -0.39 is 0 Å². The zero-order valence-electron chi connectivity index (χ0n) is 18.2. The van der Waals surface area contributed by atoms with Gasteiger partial charge in [-0.25, -0.2) is 4.39 Å². The summed E-state index contributed by atoms with van der Waals surface area (Å²) >= 11 is 0. The van der Waals surface area contributed by atoms with E-state index >= 15 is 0 Å². The molecule has 1 saturated heterocycles. The normalized spacial score (nSPS) is 17.2. The Bertz CT molecular complexity index is 875. The van der Waals surface area contributed by atoms with Gasteiger partial charge in [-0.2, -0.15) is 0 Å². The van der Waals surface area contributed by atoms with Gasteiger partial charge in [0.2, 0.25) is 11.8 Å². The standard InChI is InChI=1S/C24H30FN3O3/c1-18(2)13-27-14-22(31-17-20-4-3-5-21(25)12-20)15-28(16-24(27)30)23(29)7-6-19-8-10-26-11-9-19/h3-5,8-12,18,22H,6-7,13-17H2,1-2H3. The van der Waals surface area contributed by atoms with Crippen molar-refractivity contribution >= 4 is 11.8 Å². The third-order valence-corrected chi connectivity index (χ3v) is 5.22. The zero-order valence-corrected chi connectivity index (χ0v) is 18.2. The predicted octanol–water partition coefficient (Wildman–Crippen LogP) is 3.07. The van der Waals surface area contributed by atoms with Gasteiger partial charge in [0, 0.05) is 38.4 Å². The molecule has 2 aromatic rings. The van der Waals surface area contributed by atoms with Gasteiger partial charge in [0.15, 0.2) is 0 Å². The van der Waals surface area contributed by atoms with Crippen LogP contribution >= 0.6 is 0 Å². The fraction of sp³-hybridized carbons (Fsp3) is 0.458. The summed E-state index contributed by atoms with van der Waals surface area (Å²) < 4.78 is 19.5. The summed E-state index contributed by atoms with van der Waals surface area (Å²) in [5.41, 5.74) is 1.76. The summed E-state index contributed by atoms with van der Waals surface area (Å²) in [6.07, 6.45) is 3.98. The molecule has 1 aromatic heterocycles. The van der Waals surface area contributed by atoms with E-state index in [9.17, 15) is 14.0 Å². The lowest BCUT2D eigenvalue weighted by Crippen LogP contribution is -2.40. The first-order chi connectivity index (χ1) is 14.9. The lowest BCUT2D eigenvalue weighted by molar-refractivity contribution is -0.139. The largest absolute Gasteiger partial charge is 0.370 e. The molecule has 0 spiro atoms. The Morgan fingerprint density at radius 2 is 1.97 bits per heavy atom. The van der Waals surface area contributed by atoms with Crippen molar-refractivity contribution in [3.05, 3.63) is 65.7 Å². The Balaban J connectivity index is 1.67. The van der Waals surface area contributed by atoms with Crippen molar-refractivity contribution in [2.24, 2.45) is 5.92 Å². The Labute approximate surface area is 183 Å². The molecular formula is C24H30FN3O3. The molecule has 2 heterocycles. The number of pyridine rings is 1. The number of carbonyl (C=O) groups excluding carboxylic acids is 2. The molecule has 1 aliphatic heterocycles.